The molecule has 2 aromatic rings. The topological polar surface area (TPSA) is 111 Å². The van der Waals surface area contributed by atoms with Crippen molar-refractivity contribution in [3.05, 3.63) is 56.3 Å². The van der Waals surface area contributed by atoms with Gasteiger partial charge in [0.05, 0.1) is 16.6 Å². The van der Waals surface area contributed by atoms with Crippen molar-refractivity contribution in [2.24, 2.45) is 0 Å². The molecule has 16 heteroatoms. The average molecular weight is 444 g/mol. The van der Waals surface area contributed by atoms with E-state index in [-0.39, 0.29) is 23.0 Å². The number of nitriles is 1. The van der Waals surface area contributed by atoms with Crippen LogP contribution < -0.4 is 10.3 Å². The summed E-state index contributed by atoms with van der Waals surface area (Å²) in [5.74, 6) is -6.75. The lowest BCUT2D eigenvalue weighted by molar-refractivity contribution is -0.384. The fourth-order valence-electron chi connectivity index (χ4n) is 2.15. The lowest BCUT2D eigenvalue weighted by Crippen LogP contribution is -2.36. The monoisotopic (exact) mass is 444 g/mol. The second kappa shape index (κ2) is 7.24. The molecular weight excluding hydrogens is 440 g/mol. The summed E-state index contributed by atoms with van der Waals surface area (Å²) in [5.41, 5.74) is -7.02. The standard InChI is InChI=1S/C14H4F8N4O4/c15-12(16,13(17,18)19)9-3-10(27)25(5-24-9)11-6(4-23)1-7(30-14(20,21)22)2-8(11)26(28)29/h1-3,5H. The SMILES string of the molecule is N#Cc1cc(OC(F)(F)F)cc([N+](=O)[O-])c1-n1cnc(C(F)(F)C(F)(F)F)cc1=O. The van der Waals surface area contributed by atoms with E-state index in [1.54, 1.807) is 0 Å². The molecule has 0 aliphatic heterocycles. The van der Waals surface area contributed by atoms with Crippen LogP contribution in [0.3, 0.4) is 0 Å². The maximum Gasteiger partial charge on any atom is 0.573 e. The first-order valence-corrected chi connectivity index (χ1v) is 7.11. The van der Waals surface area contributed by atoms with Crippen LogP contribution >= 0.6 is 0 Å². The smallest absolute Gasteiger partial charge is 0.405 e. The molecule has 0 fully saturated rings. The lowest BCUT2D eigenvalue weighted by atomic mass is 10.1. The number of nitro groups is 1. The van der Waals surface area contributed by atoms with Crippen LogP contribution in [0, 0.1) is 21.4 Å². The molecule has 0 unspecified atom stereocenters. The van der Waals surface area contributed by atoms with Gasteiger partial charge in [0.25, 0.3) is 11.2 Å². The first-order chi connectivity index (χ1) is 13.6. The molecule has 0 radical (unpaired) electrons. The molecule has 0 saturated carbocycles. The normalized spacial score (nSPS) is 12.4. The summed E-state index contributed by atoms with van der Waals surface area (Å²) in [6.07, 6.45) is -11.4. The first kappa shape index (κ1) is 22.5. The van der Waals surface area contributed by atoms with Crippen molar-refractivity contribution in [3.8, 4) is 17.5 Å². The molecule has 0 aliphatic rings. The van der Waals surface area contributed by atoms with Gasteiger partial charge in [-0.15, -0.1) is 13.2 Å². The van der Waals surface area contributed by atoms with Crippen LogP contribution in [0.2, 0.25) is 0 Å². The van der Waals surface area contributed by atoms with Crippen molar-refractivity contribution in [1.82, 2.24) is 9.55 Å². The van der Waals surface area contributed by atoms with Crippen LogP contribution in [0.4, 0.5) is 40.8 Å². The van der Waals surface area contributed by atoms with E-state index in [1.165, 1.54) is 6.07 Å². The third-order valence-corrected chi connectivity index (χ3v) is 3.34. The number of aromatic nitrogens is 2. The summed E-state index contributed by atoms with van der Waals surface area (Å²) < 4.78 is 104. The summed E-state index contributed by atoms with van der Waals surface area (Å²) in [4.78, 5) is 24.7. The molecule has 0 saturated heterocycles. The molecule has 30 heavy (non-hydrogen) atoms. The highest BCUT2D eigenvalue weighted by molar-refractivity contribution is 5.65. The Morgan fingerprint density at radius 1 is 1.10 bits per heavy atom. The third kappa shape index (κ3) is 4.29. The molecule has 8 nitrogen and oxygen atoms in total. The number of rotatable bonds is 4. The van der Waals surface area contributed by atoms with Gasteiger partial charge in [0, 0.05) is 12.1 Å². The zero-order valence-corrected chi connectivity index (χ0v) is 13.8. The molecule has 0 atom stereocenters. The highest BCUT2D eigenvalue weighted by atomic mass is 19.4. The minimum absolute atomic E-state index is 0.0464. The highest BCUT2D eigenvalue weighted by Crippen LogP contribution is 2.42. The van der Waals surface area contributed by atoms with Crippen LogP contribution in [-0.4, -0.2) is 27.0 Å². The predicted molar refractivity (Wildman–Crippen MR) is 77.8 cm³/mol. The number of alkyl halides is 8. The zero-order chi connectivity index (χ0) is 23.1. The Labute approximate surface area is 158 Å². The summed E-state index contributed by atoms with van der Waals surface area (Å²) in [5, 5.41) is 20.3. The number of hydrogen-bond donors (Lipinski definition) is 0. The Bertz CT molecular complexity index is 1100. The van der Waals surface area contributed by atoms with E-state index < -0.39 is 57.3 Å². The van der Waals surface area contributed by atoms with Gasteiger partial charge in [-0.05, 0) is 0 Å². The fourth-order valence-corrected chi connectivity index (χ4v) is 2.15. The summed E-state index contributed by atoms with van der Waals surface area (Å²) >= 11 is 0. The maximum atomic E-state index is 13.3. The van der Waals surface area contributed by atoms with Gasteiger partial charge >= 0.3 is 18.5 Å². The van der Waals surface area contributed by atoms with Crippen LogP contribution in [0.5, 0.6) is 5.75 Å². The van der Waals surface area contributed by atoms with E-state index in [0.717, 1.165) is 0 Å². The summed E-state index contributed by atoms with van der Waals surface area (Å²) in [7, 11) is 0. The molecule has 0 bridgehead atoms. The van der Waals surface area contributed by atoms with Gasteiger partial charge in [-0.3, -0.25) is 19.5 Å². The quantitative estimate of drug-likeness (QED) is 0.405. The second-order valence-corrected chi connectivity index (χ2v) is 5.31. The Morgan fingerprint density at radius 2 is 1.70 bits per heavy atom. The van der Waals surface area contributed by atoms with Gasteiger partial charge in [-0.25, -0.2) is 4.98 Å². The van der Waals surface area contributed by atoms with E-state index in [9.17, 15) is 50.0 Å². The molecule has 0 spiro atoms. The lowest BCUT2D eigenvalue weighted by Gasteiger charge is -2.19. The molecule has 1 aromatic carbocycles. The Morgan fingerprint density at radius 3 is 2.13 bits per heavy atom. The average Bonchev–Trinajstić information content (AvgIpc) is 2.58. The predicted octanol–water partition coefficient (Wildman–Crippen LogP) is 3.57. The summed E-state index contributed by atoms with van der Waals surface area (Å²) in [6, 6.07) is 1.49. The molecule has 160 valence electrons. The maximum absolute atomic E-state index is 13.3. The Balaban J connectivity index is 2.74. The summed E-state index contributed by atoms with van der Waals surface area (Å²) in [6.45, 7) is 0. The van der Waals surface area contributed by atoms with Crippen molar-refractivity contribution in [2.45, 2.75) is 18.5 Å². The zero-order valence-electron chi connectivity index (χ0n) is 13.8. The largest absolute Gasteiger partial charge is 0.573 e. The number of halogens is 8. The number of nitrogens with zero attached hydrogens (tertiary/aromatic N) is 4. The van der Waals surface area contributed by atoms with E-state index in [2.05, 4.69) is 9.72 Å². The van der Waals surface area contributed by atoms with Gasteiger partial charge in [0.15, 0.2) is 0 Å². The molecule has 0 aliphatic carbocycles. The van der Waals surface area contributed by atoms with Gasteiger partial charge in [-0.1, -0.05) is 0 Å². The van der Waals surface area contributed by atoms with Gasteiger partial charge in [0.1, 0.15) is 29.5 Å². The number of hydrogen-bond acceptors (Lipinski definition) is 6. The van der Waals surface area contributed by atoms with Crippen molar-refractivity contribution >= 4 is 5.69 Å². The number of ether oxygens (including phenoxy) is 1. The Kier molecular flexibility index (Phi) is 5.43. The molecule has 0 N–H and O–H groups in total. The molecular formula is C14H4F8N4O4. The molecule has 1 aromatic heterocycles. The van der Waals surface area contributed by atoms with E-state index in [4.69, 9.17) is 5.26 Å². The molecule has 2 rings (SSSR count). The fraction of sp³-hybridized carbons (Fsp3) is 0.214. The molecule has 0 amide bonds. The van der Waals surface area contributed by atoms with Gasteiger partial charge in [-0.2, -0.15) is 27.2 Å². The second-order valence-electron chi connectivity index (χ2n) is 5.31. The minimum Gasteiger partial charge on any atom is -0.405 e. The van der Waals surface area contributed by atoms with E-state index in [1.807, 2.05) is 0 Å². The first-order valence-electron chi connectivity index (χ1n) is 7.11. The minimum atomic E-state index is -6.11. The van der Waals surface area contributed by atoms with E-state index >= 15 is 0 Å². The van der Waals surface area contributed by atoms with Gasteiger partial charge < -0.3 is 4.74 Å². The molecule has 1 heterocycles. The number of nitro benzene ring substituents is 1. The highest BCUT2D eigenvalue weighted by Gasteiger charge is 2.60. The van der Waals surface area contributed by atoms with Crippen LogP contribution in [0.15, 0.2) is 29.3 Å². The van der Waals surface area contributed by atoms with E-state index in [0.29, 0.717) is 6.07 Å². The van der Waals surface area contributed by atoms with Crippen LogP contribution in [-0.2, 0) is 5.92 Å². The van der Waals surface area contributed by atoms with Crippen LogP contribution in [0.1, 0.15) is 11.3 Å². The number of benzene rings is 1. The van der Waals surface area contributed by atoms with Crippen molar-refractivity contribution in [1.29, 1.82) is 5.26 Å². The van der Waals surface area contributed by atoms with Crippen LogP contribution in [0.25, 0.3) is 5.69 Å². The van der Waals surface area contributed by atoms with Gasteiger partial charge in [0.2, 0.25) is 0 Å². The third-order valence-electron chi connectivity index (χ3n) is 3.34. The van der Waals surface area contributed by atoms with Crippen molar-refractivity contribution < 1.29 is 44.8 Å². The van der Waals surface area contributed by atoms with Crippen molar-refractivity contribution in [3.63, 3.8) is 0 Å². The Hall–Kier alpha value is -3.77. The van der Waals surface area contributed by atoms with Crippen molar-refractivity contribution in [2.75, 3.05) is 0 Å².